The van der Waals surface area contributed by atoms with Crippen LogP contribution in [0.25, 0.3) is 0 Å². The Labute approximate surface area is 293 Å². The minimum atomic E-state index is -4.49. The lowest BCUT2D eigenvalue weighted by molar-refractivity contribution is -0.119. The number of benzene rings is 4. The molecule has 4 aromatic rings. The number of aryl methyl sites for hydroxylation is 1. The van der Waals surface area contributed by atoms with E-state index in [1.807, 2.05) is 24.3 Å². The number of rotatable bonds is 12. The van der Waals surface area contributed by atoms with Gasteiger partial charge in [0.25, 0.3) is 0 Å². The van der Waals surface area contributed by atoms with Crippen molar-refractivity contribution in [2.75, 3.05) is 11.4 Å². The highest BCUT2D eigenvalue weighted by atomic mass is 32.2. The number of thioether (sulfide) groups is 1. The van der Waals surface area contributed by atoms with Gasteiger partial charge in [0.05, 0.1) is 18.0 Å². The Balaban J connectivity index is 1.48. The summed E-state index contributed by atoms with van der Waals surface area (Å²) < 4.78 is 67.7. The van der Waals surface area contributed by atoms with Gasteiger partial charge in [0.15, 0.2) is 0 Å². The molecule has 0 atom stereocenters. The van der Waals surface area contributed by atoms with Crippen LogP contribution in [0.3, 0.4) is 0 Å². The van der Waals surface area contributed by atoms with Gasteiger partial charge in [-0.25, -0.2) is 13.2 Å². The van der Waals surface area contributed by atoms with Crippen LogP contribution in [-0.4, -0.2) is 46.9 Å². The molecule has 0 saturated heterocycles. The molecule has 5 rings (SSSR count). The Hall–Kier alpha value is -4.33. The molecule has 0 radical (unpaired) electrons. The van der Waals surface area contributed by atoms with Crippen molar-refractivity contribution in [2.24, 2.45) is 0 Å². The van der Waals surface area contributed by atoms with E-state index in [1.165, 1.54) is 78.3 Å². The van der Waals surface area contributed by atoms with Crippen molar-refractivity contribution in [3.63, 3.8) is 0 Å². The van der Waals surface area contributed by atoms with Gasteiger partial charge in [0.2, 0.25) is 15.9 Å². The van der Waals surface area contributed by atoms with Gasteiger partial charge in [0.1, 0.15) is 11.3 Å². The minimum absolute atomic E-state index is 0.0164. The average molecular weight is 727 g/mol. The monoisotopic (exact) mass is 726 g/mol. The summed E-state index contributed by atoms with van der Waals surface area (Å²) in [5.74, 6) is -2.15. The molecule has 4 aromatic carbocycles. The highest BCUT2D eigenvalue weighted by Gasteiger charge is 2.31. The van der Waals surface area contributed by atoms with Crippen LogP contribution in [0, 0.1) is 6.92 Å². The lowest BCUT2D eigenvalue weighted by Crippen LogP contribution is -2.42. The van der Waals surface area contributed by atoms with Gasteiger partial charge in [-0.2, -0.15) is 17.5 Å². The van der Waals surface area contributed by atoms with E-state index < -0.39 is 39.7 Å². The first kappa shape index (κ1) is 36.9. The average Bonchev–Trinajstić information content (AvgIpc) is 3.07. The largest absolute Gasteiger partial charge is 0.507 e. The lowest BCUT2D eigenvalue weighted by atomic mass is 9.84. The maximum atomic E-state index is 14.2. The maximum absolute atomic E-state index is 14.2. The van der Waals surface area contributed by atoms with E-state index in [4.69, 9.17) is 0 Å². The topological polar surface area (TPSA) is 115 Å². The second-order valence-electron chi connectivity index (χ2n) is 12.3. The quantitative estimate of drug-likeness (QED) is 0.141. The van der Waals surface area contributed by atoms with E-state index in [1.54, 1.807) is 19.1 Å². The molecule has 13 heteroatoms. The number of amides is 1. The van der Waals surface area contributed by atoms with Gasteiger partial charge in [-0.15, -0.1) is 0 Å². The van der Waals surface area contributed by atoms with E-state index in [9.17, 15) is 41.4 Å². The summed E-state index contributed by atoms with van der Waals surface area (Å²) >= 11 is -0.292. The molecule has 0 unspecified atom stereocenters. The number of anilines is 1. The number of carbonyl (C=O) groups excluding carboxylic acids is 1. The zero-order valence-corrected chi connectivity index (χ0v) is 28.9. The van der Waals surface area contributed by atoms with Crippen molar-refractivity contribution >= 4 is 39.3 Å². The normalized spacial score (nSPS) is 14.1. The van der Waals surface area contributed by atoms with Gasteiger partial charge in [-0.3, -0.25) is 4.79 Å². The minimum Gasteiger partial charge on any atom is -0.507 e. The fraction of sp³-hybridized carbons (Fsp3) is 0.297. The molecule has 0 aromatic heterocycles. The zero-order chi connectivity index (χ0) is 36.1. The van der Waals surface area contributed by atoms with Crippen molar-refractivity contribution in [2.45, 2.75) is 73.3 Å². The number of nitrogens with zero attached hydrogens (tertiary/aromatic N) is 2. The van der Waals surface area contributed by atoms with Gasteiger partial charge in [-0.05, 0) is 90.5 Å². The molecule has 0 spiro atoms. The second-order valence-corrected chi connectivity index (χ2v) is 15.4. The summed E-state index contributed by atoms with van der Waals surface area (Å²) in [5.41, 5.74) is -1.62. The molecule has 50 heavy (non-hydrogen) atoms. The summed E-state index contributed by atoms with van der Waals surface area (Å²) in [5, 5.41) is 20.0. The van der Waals surface area contributed by atoms with Crippen LogP contribution in [0.5, 0.6) is 5.75 Å². The van der Waals surface area contributed by atoms with Crippen LogP contribution in [0.15, 0.2) is 101 Å². The Morgan fingerprint density at radius 2 is 1.44 bits per heavy atom. The lowest BCUT2D eigenvalue weighted by Gasteiger charge is -2.28. The van der Waals surface area contributed by atoms with Crippen molar-refractivity contribution < 1.29 is 41.4 Å². The Kier molecular flexibility index (Phi) is 11.6. The van der Waals surface area contributed by atoms with Crippen LogP contribution in [0.2, 0.25) is 0 Å². The highest BCUT2D eigenvalue weighted by molar-refractivity contribution is 8.00. The van der Waals surface area contributed by atoms with Gasteiger partial charge < -0.3 is 15.1 Å². The Bertz CT molecular complexity index is 1910. The molecule has 1 aliphatic rings. The van der Waals surface area contributed by atoms with E-state index in [0.29, 0.717) is 11.5 Å². The predicted molar refractivity (Wildman–Crippen MR) is 186 cm³/mol. The fourth-order valence-corrected chi connectivity index (χ4v) is 7.94. The molecule has 2 N–H and O–H groups in total. The van der Waals surface area contributed by atoms with Crippen molar-refractivity contribution in [3.05, 3.63) is 119 Å². The number of aromatic carboxylic acids is 1. The van der Waals surface area contributed by atoms with Crippen LogP contribution >= 0.6 is 11.8 Å². The van der Waals surface area contributed by atoms with E-state index in [0.717, 1.165) is 34.3 Å². The van der Waals surface area contributed by atoms with Crippen molar-refractivity contribution in [1.29, 1.82) is 0 Å². The molecule has 0 bridgehead atoms. The van der Waals surface area contributed by atoms with Crippen LogP contribution in [0.4, 0.5) is 18.9 Å². The molecule has 264 valence electrons. The molecule has 8 nitrogen and oxygen atoms in total. The van der Waals surface area contributed by atoms with Gasteiger partial charge >= 0.3 is 11.5 Å². The maximum Gasteiger partial charge on any atom is 0.446 e. The summed E-state index contributed by atoms with van der Waals surface area (Å²) in [4.78, 5) is 27.0. The number of hydrogen-bond acceptors (Lipinski definition) is 6. The summed E-state index contributed by atoms with van der Waals surface area (Å²) in [6.07, 6.45) is 5.77. The number of phenols is 1. The van der Waals surface area contributed by atoms with E-state index in [2.05, 4.69) is 0 Å². The number of hydrogen-bond donors (Lipinski definition) is 2. The fourth-order valence-electron chi connectivity index (χ4n) is 6.03. The molecule has 1 aliphatic carbocycles. The number of aromatic hydroxyl groups is 1. The third-order valence-electron chi connectivity index (χ3n) is 8.71. The van der Waals surface area contributed by atoms with Crippen molar-refractivity contribution in [1.82, 2.24) is 4.31 Å². The third kappa shape index (κ3) is 9.46. The van der Waals surface area contributed by atoms with Crippen molar-refractivity contribution in [3.8, 4) is 5.75 Å². The van der Waals surface area contributed by atoms with Crippen LogP contribution in [-0.2, 0) is 27.9 Å². The number of halogens is 3. The number of alkyl halides is 3. The Morgan fingerprint density at radius 1 is 0.840 bits per heavy atom. The highest BCUT2D eigenvalue weighted by Crippen LogP contribution is 2.37. The first-order chi connectivity index (χ1) is 23.7. The van der Waals surface area contributed by atoms with Gasteiger partial charge in [0, 0.05) is 23.2 Å². The number of sulfonamides is 1. The third-order valence-corrected chi connectivity index (χ3v) is 11.3. The molecule has 1 saturated carbocycles. The van der Waals surface area contributed by atoms with Gasteiger partial charge in [-0.1, -0.05) is 73.4 Å². The summed E-state index contributed by atoms with van der Waals surface area (Å²) in [7, 11) is -4.31. The van der Waals surface area contributed by atoms with Crippen LogP contribution < -0.4 is 4.90 Å². The van der Waals surface area contributed by atoms with E-state index in [-0.39, 0.29) is 45.9 Å². The number of carboxylic acid groups (broad SMARTS) is 1. The molecule has 1 fully saturated rings. The number of carbonyl (C=O) groups is 2. The predicted octanol–water partition coefficient (Wildman–Crippen LogP) is 8.48. The van der Waals surface area contributed by atoms with E-state index >= 15 is 0 Å². The zero-order valence-electron chi connectivity index (χ0n) is 27.3. The molecular weight excluding hydrogens is 690 g/mol. The smallest absolute Gasteiger partial charge is 0.446 e. The number of carboxylic acids is 1. The molecule has 1 amide bonds. The first-order valence-electron chi connectivity index (χ1n) is 16.1. The second kappa shape index (κ2) is 15.7. The molecule has 0 heterocycles. The molecule has 0 aliphatic heterocycles. The standard InChI is InChI=1S/C37H37F3N2O6S2/c1-25-7-18-32(19-8-25)50(47,48)41(22-26-11-16-31(17-12-26)49-37(38,39)40)24-35(44)42(30-15-20-33(36(45)46)34(43)21-30)23-27-9-13-29(14-10-27)28-5-3-2-4-6-28/h7-21,28,43H,2-6,22-24H2,1H3,(H,45,46). The summed E-state index contributed by atoms with van der Waals surface area (Å²) in [6, 6.07) is 22.8. The summed E-state index contributed by atoms with van der Waals surface area (Å²) in [6.45, 7) is 0.781. The van der Waals surface area contributed by atoms with Crippen LogP contribution in [0.1, 0.15) is 70.6 Å². The molecular formula is C37H37F3N2O6S2. The first-order valence-corrected chi connectivity index (χ1v) is 18.3. The SMILES string of the molecule is Cc1ccc(S(=O)(=O)N(CC(=O)N(Cc2ccc(C3CCCCC3)cc2)c2ccc(C(=O)O)c(O)c2)Cc2ccc(SC(F)(F)F)cc2)cc1. The Morgan fingerprint density at radius 3 is 2.02 bits per heavy atom.